The molecular weight excluding hydrogens is 262 g/mol. The maximum Gasteiger partial charge on any atom is 0.0542 e. The van der Waals surface area contributed by atoms with Crippen LogP contribution >= 0.6 is 23.4 Å². The highest BCUT2D eigenvalue weighted by Crippen LogP contribution is 2.39. The lowest BCUT2D eigenvalue weighted by atomic mass is 10.1. The van der Waals surface area contributed by atoms with Crippen LogP contribution in [0.2, 0.25) is 5.02 Å². The summed E-state index contributed by atoms with van der Waals surface area (Å²) in [6, 6.07) is 18.3. The average Bonchev–Trinajstić information content (AvgIpc) is 2.38. The third kappa shape index (κ3) is 3.29. The summed E-state index contributed by atoms with van der Waals surface area (Å²) in [6.45, 7) is 2.03. The molecule has 0 spiro atoms. The number of rotatable bonds is 4. The van der Waals surface area contributed by atoms with Crippen molar-refractivity contribution < 1.29 is 0 Å². The summed E-state index contributed by atoms with van der Waals surface area (Å²) >= 11 is 7.92. The van der Waals surface area contributed by atoms with Crippen molar-refractivity contribution in [2.45, 2.75) is 23.1 Å². The van der Waals surface area contributed by atoms with Crippen molar-refractivity contribution in [3.8, 4) is 0 Å². The summed E-state index contributed by atoms with van der Waals surface area (Å²) in [5.41, 5.74) is 7.34. The standard InChI is InChI=1S/C15H16ClNS/c1-11(17)15(12-7-3-2-4-8-12)18-14-10-6-5-9-13(14)16/h2-11,15H,17H2,1H3. The van der Waals surface area contributed by atoms with Gasteiger partial charge in [-0.15, -0.1) is 11.8 Å². The zero-order valence-electron chi connectivity index (χ0n) is 10.2. The normalized spacial score (nSPS) is 14.2. The molecule has 2 aromatic carbocycles. The molecule has 2 aromatic rings. The van der Waals surface area contributed by atoms with E-state index in [1.807, 2.05) is 49.4 Å². The van der Waals surface area contributed by atoms with Gasteiger partial charge < -0.3 is 5.73 Å². The number of hydrogen-bond acceptors (Lipinski definition) is 2. The number of hydrogen-bond donors (Lipinski definition) is 1. The van der Waals surface area contributed by atoms with Gasteiger partial charge in [-0.25, -0.2) is 0 Å². The lowest BCUT2D eigenvalue weighted by molar-refractivity contribution is 0.721. The van der Waals surface area contributed by atoms with E-state index in [1.165, 1.54) is 5.56 Å². The maximum atomic E-state index is 6.20. The minimum Gasteiger partial charge on any atom is -0.327 e. The Balaban J connectivity index is 2.26. The Kier molecular flexibility index (Phi) is 4.70. The van der Waals surface area contributed by atoms with Crippen LogP contribution in [0.1, 0.15) is 17.7 Å². The minimum absolute atomic E-state index is 0.0636. The summed E-state index contributed by atoms with van der Waals surface area (Å²) in [5, 5.41) is 0.996. The van der Waals surface area contributed by atoms with Crippen LogP contribution in [0.25, 0.3) is 0 Å². The van der Waals surface area contributed by atoms with Crippen LogP contribution < -0.4 is 5.73 Å². The molecule has 0 heterocycles. The Hall–Kier alpha value is -0.960. The van der Waals surface area contributed by atoms with E-state index in [1.54, 1.807) is 11.8 Å². The summed E-state index contributed by atoms with van der Waals surface area (Å²) in [6.07, 6.45) is 0. The third-order valence-corrected chi connectivity index (χ3v) is 4.70. The molecular formula is C15H16ClNS. The highest BCUT2D eigenvalue weighted by Gasteiger charge is 2.18. The highest BCUT2D eigenvalue weighted by atomic mass is 35.5. The van der Waals surface area contributed by atoms with Crippen molar-refractivity contribution in [1.29, 1.82) is 0 Å². The van der Waals surface area contributed by atoms with Crippen molar-refractivity contribution in [3.05, 3.63) is 65.2 Å². The van der Waals surface area contributed by atoms with E-state index in [4.69, 9.17) is 17.3 Å². The Morgan fingerprint density at radius 3 is 2.22 bits per heavy atom. The number of nitrogens with two attached hydrogens (primary N) is 1. The fraction of sp³-hybridized carbons (Fsp3) is 0.200. The first-order valence-corrected chi connectivity index (χ1v) is 7.16. The molecule has 2 N–H and O–H groups in total. The Labute approximate surface area is 117 Å². The van der Waals surface area contributed by atoms with Gasteiger partial charge in [-0.05, 0) is 24.6 Å². The minimum atomic E-state index is 0.0636. The summed E-state index contributed by atoms with van der Waals surface area (Å²) < 4.78 is 0. The van der Waals surface area contributed by atoms with E-state index < -0.39 is 0 Å². The van der Waals surface area contributed by atoms with Crippen LogP contribution in [0.5, 0.6) is 0 Å². The van der Waals surface area contributed by atoms with Crippen LogP contribution in [-0.2, 0) is 0 Å². The van der Waals surface area contributed by atoms with E-state index in [9.17, 15) is 0 Å². The van der Waals surface area contributed by atoms with Crippen molar-refractivity contribution in [2.75, 3.05) is 0 Å². The molecule has 0 bridgehead atoms. The summed E-state index contributed by atoms with van der Waals surface area (Å²) in [4.78, 5) is 1.07. The predicted octanol–water partition coefficient (Wildman–Crippen LogP) is 4.52. The smallest absolute Gasteiger partial charge is 0.0542 e. The molecule has 0 aliphatic rings. The molecule has 18 heavy (non-hydrogen) atoms. The second-order valence-corrected chi connectivity index (χ2v) is 5.83. The number of halogens is 1. The molecule has 94 valence electrons. The highest BCUT2D eigenvalue weighted by molar-refractivity contribution is 7.99. The molecule has 3 heteroatoms. The lowest BCUT2D eigenvalue weighted by Crippen LogP contribution is -2.22. The molecule has 1 nitrogen and oxygen atoms in total. The molecule has 0 fully saturated rings. The largest absolute Gasteiger partial charge is 0.327 e. The lowest BCUT2D eigenvalue weighted by Gasteiger charge is -2.21. The predicted molar refractivity (Wildman–Crippen MR) is 80.1 cm³/mol. The van der Waals surface area contributed by atoms with Crippen molar-refractivity contribution in [1.82, 2.24) is 0 Å². The first kappa shape index (κ1) is 13.5. The molecule has 0 aliphatic heterocycles. The fourth-order valence-electron chi connectivity index (χ4n) is 1.80. The SMILES string of the molecule is CC(N)C(Sc1ccccc1Cl)c1ccccc1. The van der Waals surface area contributed by atoms with Gasteiger partial charge in [0, 0.05) is 16.2 Å². The van der Waals surface area contributed by atoms with E-state index in [-0.39, 0.29) is 11.3 Å². The van der Waals surface area contributed by atoms with Crippen LogP contribution in [0.3, 0.4) is 0 Å². The molecule has 2 unspecified atom stereocenters. The molecule has 2 atom stereocenters. The maximum absolute atomic E-state index is 6.20. The summed E-state index contributed by atoms with van der Waals surface area (Å²) in [5.74, 6) is 0. The van der Waals surface area contributed by atoms with Crippen molar-refractivity contribution in [2.24, 2.45) is 5.73 Å². The van der Waals surface area contributed by atoms with E-state index >= 15 is 0 Å². The van der Waals surface area contributed by atoms with Gasteiger partial charge in [0.15, 0.2) is 0 Å². The van der Waals surface area contributed by atoms with Gasteiger partial charge in [-0.2, -0.15) is 0 Å². The van der Waals surface area contributed by atoms with Gasteiger partial charge in [0.1, 0.15) is 0 Å². The Morgan fingerprint density at radius 1 is 1.00 bits per heavy atom. The van der Waals surface area contributed by atoms with Crippen LogP contribution in [0.15, 0.2) is 59.5 Å². The molecule has 0 amide bonds. The number of benzene rings is 2. The topological polar surface area (TPSA) is 26.0 Å². The van der Waals surface area contributed by atoms with Gasteiger partial charge in [-0.3, -0.25) is 0 Å². The van der Waals surface area contributed by atoms with Crippen LogP contribution in [0.4, 0.5) is 0 Å². The van der Waals surface area contributed by atoms with Gasteiger partial charge in [0.25, 0.3) is 0 Å². The Morgan fingerprint density at radius 2 is 1.61 bits per heavy atom. The van der Waals surface area contributed by atoms with E-state index in [0.29, 0.717) is 0 Å². The first-order chi connectivity index (χ1) is 8.68. The zero-order chi connectivity index (χ0) is 13.0. The third-order valence-electron chi connectivity index (χ3n) is 2.70. The molecule has 0 saturated carbocycles. The monoisotopic (exact) mass is 277 g/mol. The van der Waals surface area contributed by atoms with Gasteiger partial charge >= 0.3 is 0 Å². The van der Waals surface area contributed by atoms with Gasteiger partial charge in [-0.1, -0.05) is 54.1 Å². The first-order valence-electron chi connectivity index (χ1n) is 5.90. The molecule has 0 aromatic heterocycles. The quantitative estimate of drug-likeness (QED) is 0.832. The van der Waals surface area contributed by atoms with Crippen molar-refractivity contribution >= 4 is 23.4 Å². The molecule has 2 rings (SSSR count). The van der Waals surface area contributed by atoms with Crippen molar-refractivity contribution in [3.63, 3.8) is 0 Å². The number of thioether (sulfide) groups is 1. The summed E-state index contributed by atoms with van der Waals surface area (Å²) in [7, 11) is 0. The van der Waals surface area contributed by atoms with Gasteiger partial charge in [0.05, 0.1) is 5.02 Å². The fourth-order valence-corrected chi connectivity index (χ4v) is 3.19. The second-order valence-electron chi connectivity index (χ2n) is 4.24. The zero-order valence-corrected chi connectivity index (χ0v) is 11.8. The molecule has 0 aliphatic carbocycles. The average molecular weight is 278 g/mol. The second kappa shape index (κ2) is 6.28. The van der Waals surface area contributed by atoms with Crippen LogP contribution in [-0.4, -0.2) is 6.04 Å². The van der Waals surface area contributed by atoms with Crippen LogP contribution in [0, 0.1) is 0 Å². The Bertz CT molecular complexity index is 499. The van der Waals surface area contributed by atoms with Gasteiger partial charge in [0.2, 0.25) is 0 Å². The molecule has 0 saturated heterocycles. The van der Waals surface area contributed by atoms with E-state index in [0.717, 1.165) is 9.92 Å². The molecule has 0 radical (unpaired) electrons. The van der Waals surface area contributed by atoms with E-state index in [2.05, 4.69) is 12.1 Å².